The third-order valence-corrected chi connectivity index (χ3v) is 2.63. The zero-order chi connectivity index (χ0) is 11.2. The van der Waals surface area contributed by atoms with Gasteiger partial charge in [0.25, 0.3) is 0 Å². The average Bonchev–Trinajstić information content (AvgIpc) is 2.30. The Bertz CT molecular complexity index is 445. The predicted octanol–water partition coefficient (Wildman–Crippen LogP) is 2.89. The Kier molecular flexibility index (Phi) is 3.88. The smallest absolute Gasteiger partial charge is 0.127 e. The van der Waals surface area contributed by atoms with E-state index in [9.17, 15) is 0 Å². The molecule has 0 aromatic carbocycles. The van der Waals surface area contributed by atoms with Crippen molar-refractivity contribution in [2.45, 2.75) is 6.42 Å². The molecule has 0 saturated carbocycles. The molecule has 2 aromatic rings. The summed E-state index contributed by atoms with van der Waals surface area (Å²) in [7, 11) is 0. The molecule has 0 aliphatic rings. The molecule has 2 aromatic heterocycles. The number of aromatic nitrogens is 2. The molecule has 0 bridgehead atoms. The van der Waals surface area contributed by atoms with Crippen LogP contribution in [0.4, 0.5) is 5.82 Å². The quantitative estimate of drug-likeness (QED) is 0.934. The van der Waals surface area contributed by atoms with Crippen molar-refractivity contribution in [2.24, 2.45) is 0 Å². The van der Waals surface area contributed by atoms with Gasteiger partial charge < -0.3 is 5.32 Å². The Balaban J connectivity index is 1.85. The maximum absolute atomic E-state index is 4.26. The summed E-state index contributed by atoms with van der Waals surface area (Å²) in [6.45, 7) is 0.834. The van der Waals surface area contributed by atoms with E-state index in [1.165, 1.54) is 0 Å². The second-order valence-electron chi connectivity index (χ2n) is 3.36. The minimum atomic E-state index is 0.834. The monoisotopic (exact) mass is 277 g/mol. The van der Waals surface area contributed by atoms with Crippen molar-refractivity contribution in [3.8, 4) is 0 Å². The third-order valence-electron chi connectivity index (χ3n) is 2.14. The van der Waals surface area contributed by atoms with E-state index in [0.29, 0.717) is 0 Å². The molecule has 0 saturated heterocycles. The molecular weight excluding hydrogens is 266 g/mol. The van der Waals surface area contributed by atoms with Crippen LogP contribution < -0.4 is 5.32 Å². The van der Waals surface area contributed by atoms with Crippen LogP contribution in [0.1, 0.15) is 5.69 Å². The Morgan fingerprint density at radius 3 is 2.81 bits per heavy atom. The molecule has 16 heavy (non-hydrogen) atoms. The molecule has 3 nitrogen and oxygen atoms in total. The van der Waals surface area contributed by atoms with E-state index in [4.69, 9.17) is 0 Å². The summed E-state index contributed by atoms with van der Waals surface area (Å²) in [5.41, 5.74) is 1.09. The predicted molar refractivity (Wildman–Crippen MR) is 68.4 cm³/mol. The minimum Gasteiger partial charge on any atom is -0.370 e. The lowest BCUT2D eigenvalue weighted by Gasteiger charge is -2.05. The molecule has 0 spiro atoms. The first-order chi connectivity index (χ1) is 7.84. The number of hydrogen-bond acceptors (Lipinski definition) is 3. The summed E-state index contributed by atoms with van der Waals surface area (Å²) in [5.74, 6) is 0.880. The molecule has 0 aliphatic carbocycles. The number of nitrogens with one attached hydrogen (secondary N) is 1. The maximum atomic E-state index is 4.26. The summed E-state index contributed by atoms with van der Waals surface area (Å²) >= 11 is 3.41. The van der Waals surface area contributed by atoms with Crippen LogP contribution in [0.2, 0.25) is 0 Å². The molecule has 1 N–H and O–H groups in total. The highest BCUT2D eigenvalue weighted by molar-refractivity contribution is 9.10. The summed E-state index contributed by atoms with van der Waals surface area (Å²) in [6, 6.07) is 9.81. The van der Waals surface area contributed by atoms with E-state index in [1.54, 1.807) is 6.20 Å². The van der Waals surface area contributed by atoms with Crippen LogP contribution in [-0.2, 0) is 6.42 Å². The summed E-state index contributed by atoms with van der Waals surface area (Å²) < 4.78 is 1.03. The molecule has 2 heterocycles. The van der Waals surface area contributed by atoms with Gasteiger partial charge in [0.15, 0.2) is 0 Å². The molecule has 0 radical (unpaired) electrons. The molecule has 0 fully saturated rings. The van der Waals surface area contributed by atoms with Gasteiger partial charge in [-0.15, -0.1) is 0 Å². The number of pyridine rings is 2. The van der Waals surface area contributed by atoms with Crippen LogP contribution in [0.15, 0.2) is 47.2 Å². The number of rotatable bonds is 4. The molecule has 2 rings (SSSR count). The fourth-order valence-electron chi connectivity index (χ4n) is 1.37. The van der Waals surface area contributed by atoms with E-state index in [1.807, 2.05) is 36.5 Å². The van der Waals surface area contributed by atoms with Crippen LogP contribution in [0.5, 0.6) is 0 Å². The molecule has 82 valence electrons. The van der Waals surface area contributed by atoms with Gasteiger partial charge in [-0.3, -0.25) is 4.98 Å². The van der Waals surface area contributed by atoms with Crippen LogP contribution in [-0.4, -0.2) is 16.5 Å². The molecular formula is C12H12BrN3. The van der Waals surface area contributed by atoms with Gasteiger partial charge in [0.1, 0.15) is 5.82 Å². The lowest BCUT2D eigenvalue weighted by Crippen LogP contribution is -2.06. The normalized spacial score (nSPS) is 10.1. The van der Waals surface area contributed by atoms with E-state index in [2.05, 4.69) is 31.2 Å². The van der Waals surface area contributed by atoms with Crippen LogP contribution in [0.3, 0.4) is 0 Å². The van der Waals surface area contributed by atoms with Gasteiger partial charge in [-0.05, 0) is 24.3 Å². The van der Waals surface area contributed by atoms with Gasteiger partial charge in [0.2, 0.25) is 0 Å². The Labute approximate surface area is 103 Å². The van der Waals surface area contributed by atoms with Crippen molar-refractivity contribution in [2.75, 3.05) is 11.9 Å². The van der Waals surface area contributed by atoms with E-state index < -0.39 is 0 Å². The molecule has 0 amide bonds. The van der Waals surface area contributed by atoms with Crippen molar-refractivity contribution in [3.05, 3.63) is 52.9 Å². The summed E-state index contributed by atoms with van der Waals surface area (Å²) in [4.78, 5) is 8.47. The average molecular weight is 278 g/mol. The fraction of sp³-hybridized carbons (Fsp3) is 0.167. The first kappa shape index (κ1) is 11.1. The Morgan fingerprint density at radius 2 is 2.06 bits per heavy atom. The SMILES string of the molecule is Brc1ccnc(NCCc2ccccn2)c1. The lowest BCUT2D eigenvalue weighted by atomic mass is 10.3. The van der Waals surface area contributed by atoms with Gasteiger partial charge in [0, 0.05) is 35.5 Å². The van der Waals surface area contributed by atoms with Crippen molar-refractivity contribution in [3.63, 3.8) is 0 Å². The Hall–Kier alpha value is -1.42. The first-order valence-electron chi connectivity index (χ1n) is 5.10. The second kappa shape index (κ2) is 5.61. The zero-order valence-corrected chi connectivity index (χ0v) is 10.3. The standard InChI is InChI=1S/C12H12BrN3/c13-10-4-7-15-12(9-10)16-8-5-11-3-1-2-6-14-11/h1-4,6-7,9H,5,8H2,(H,15,16). The summed E-state index contributed by atoms with van der Waals surface area (Å²) in [5, 5.41) is 3.25. The van der Waals surface area contributed by atoms with E-state index in [0.717, 1.165) is 29.0 Å². The number of anilines is 1. The Morgan fingerprint density at radius 1 is 1.12 bits per heavy atom. The van der Waals surface area contributed by atoms with Gasteiger partial charge in [-0.25, -0.2) is 4.98 Å². The molecule has 4 heteroatoms. The van der Waals surface area contributed by atoms with E-state index >= 15 is 0 Å². The van der Waals surface area contributed by atoms with Crippen molar-refractivity contribution < 1.29 is 0 Å². The minimum absolute atomic E-state index is 0.834. The van der Waals surface area contributed by atoms with Crippen molar-refractivity contribution in [1.29, 1.82) is 0 Å². The summed E-state index contributed by atoms with van der Waals surface area (Å²) in [6.07, 6.45) is 4.48. The number of nitrogens with zero attached hydrogens (tertiary/aromatic N) is 2. The van der Waals surface area contributed by atoms with Gasteiger partial charge in [-0.2, -0.15) is 0 Å². The van der Waals surface area contributed by atoms with Gasteiger partial charge >= 0.3 is 0 Å². The van der Waals surface area contributed by atoms with Crippen LogP contribution in [0.25, 0.3) is 0 Å². The number of hydrogen-bond donors (Lipinski definition) is 1. The molecule has 0 unspecified atom stereocenters. The van der Waals surface area contributed by atoms with Crippen molar-refractivity contribution >= 4 is 21.7 Å². The molecule has 0 aliphatic heterocycles. The van der Waals surface area contributed by atoms with Crippen molar-refractivity contribution in [1.82, 2.24) is 9.97 Å². The van der Waals surface area contributed by atoms with E-state index in [-0.39, 0.29) is 0 Å². The topological polar surface area (TPSA) is 37.8 Å². The van der Waals surface area contributed by atoms with Gasteiger partial charge in [-0.1, -0.05) is 22.0 Å². The maximum Gasteiger partial charge on any atom is 0.127 e. The van der Waals surface area contributed by atoms with Crippen LogP contribution in [0, 0.1) is 0 Å². The first-order valence-corrected chi connectivity index (χ1v) is 5.89. The highest BCUT2D eigenvalue weighted by Gasteiger charge is 1.95. The molecule has 0 atom stereocenters. The highest BCUT2D eigenvalue weighted by atomic mass is 79.9. The number of halogens is 1. The second-order valence-corrected chi connectivity index (χ2v) is 4.27. The zero-order valence-electron chi connectivity index (χ0n) is 8.73. The van der Waals surface area contributed by atoms with Crippen LogP contribution >= 0.6 is 15.9 Å². The lowest BCUT2D eigenvalue weighted by molar-refractivity contribution is 0.953. The van der Waals surface area contributed by atoms with Gasteiger partial charge in [0.05, 0.1) is 0 Å². The fourth-order valence-corrected chi connectivity index (χ4v) is 1.70. The third kappa shape index (κ3) is 3.31. The highest BCUT2D eigenvalue weighted by Crippen LogP contribution is 2.12. The largest absolute Gasteiger partial charge is 0.370 e.